The summed E-state index contributed by atoms with van der Waals surface area (Å²) in [4.78, 5) is 23.6. The van der Waals surface area contributed by atoms with Crippen molar-refractivity contribution in [1.29, 1.82) is 0 Å². The Kier molecular flexibility index (Phi) is 10.1. The summed E-state index contributed by atoms with van der Waals surface area (Å²) < 4.78 is 45.1. The standard InChI is InChI=1S/C30H37N7O7S/c1-30(2,3)26-18-27(35-44-26)34-29(38)33-20-7-5-8-21(15-20)43-28-22-16-24(41-4)25(17-23(22)31-19-32-28)42-14-6-9-36-10-12-37(13-11-36)45(39)40/h5,7-8,15-19H,6,9-14H2,1-4H3,(H,39,40)(H2,33,34,35,38). The second-order valence-electron chi connectivity index (χ2n) is 11.4. The number of carbonyl (C=O) groups excluding carboxylic acids is 1. The lowest BCUT2D eigenvalue weighted by Crippen LogP contribution is -2.47. The van der Waals surface area contributed by atoms with E-state index in [1.807, 2.05) is 20.8 Å². The van der Waals surface area contributed by atoms with Crippen LogP contribution in [-0.4, -0.2) is 85.6 Å². The molecule has 1 unspecified atom stereocenters. The van der Waals surface area contributed by atoms with Crippen LogP contribution in [0.5, 0.6) is 23.1 Å². The zero-order chi connectivity index (χ0) is 32.0. The quantitative estimate of drug-likeness (QED) is 0.151. The highest BCUT2D eigenvalue weighted by Gasteiger charge is 2.21. The summed E-state index contributed by atoms with van der Waals surface area (Å²) in [6, 6.07) is 11.7. The topological polar surface area (TPSA) is 164 Å². The molecule has 14 nitrogen and oxygen atoms in total. The number of benzene rings is 2. The van der Waals surface area contributed by atoms with Crippen LogP contribution in [0.2, 0.25) is 0 Å². The zero-order valence-electron chi connectivity index (χ0n) is 25.6. The van der Waals surface area contributed by atoms with Gasteiger partial charge >= 0.3 is 6.03 Å². The summed E-state index contributed by atoms with van der Waals surface area (Å²) in [5.41, 5.74) is 0.879. The van der Waals surface area contributed by atoms with E-state index in [-0.39, 0.29) is 5.41 Å². The maximum absolute atomic E-state index is 12.6. The van der Waals surface area contributed by atoms with Gasteiger partial charge in [-0.25, -0.2) is 19.0 Å². The summed E-state index contributed by atoms with van der Waals surface area (Å²) in [5, 5.41) is 9.97. The van der Waals surface area contributed by atoms with E-state index in [2.05, 4.69) is 30.7 Å². The maximum Gasteiger partial charge on any atom is 0.324 e. The second-order valence-corrected chi connectivity index (χ2v) is 12.4. The van der Waals surface area contributed by atoms with Gasteiger partial charge in [0.1, 0.15) is 17.8 Å². The van der Waals surface area contributed by atoms with Gasteiger partial charge in [0.15, 0.2) is 17.3 Å². The summed E-state index contributed by atoms with van der Waals surface area (Å²) in [6.45, 7) is 9.85. The molecule has 45 heavy (non-hydrogen) atoms. The van der Waals surface area contributed by atoms with Crippen molar-refractivity contribution >= 4 is 39.7 Å². The lowest BCUT2D eigenvalue weighted by molar-refractivity contribution is 0.172. The molecule has 0 aliphatic carbocycles. The average molecular weight is 640 g/mol. The summed E-state index contributed by atoms with van der Waals surface area (Å²) in [6.07, 6.45) is 2.19. The highest BCUT2D eigenvalue weighted by molar-refractivity contribution is 7.76. The van der Waals surface area contributed by atoms with Crippen molar-refractivity contribution in [3.63, 3.8) is 0 Å². The van der Waals surface area contributed by atoms with Crippen molar-refractivity contribution in [1.82, 2.24) is 24.3 Å². The van der Waals surface area contributed by atoms with E-state index in [0.29, 0.717) is 71.0 Å². The van der Waals surface area contributed by atoms with Crippen molar-refractivity contribution < 1.29 is 32.3 Å². The van der Waals surface area contributed by atoms with Gasteiger partial charge < -0.3 is 29.0 Å². The number of hydrogen-bond acceptors (Lipinski definition) is 10. The number of nitrogens with zero attached hydrogens (tertiary/aromatic N) is 5. The Hall–Kier alpha value is -4.31. The van der Waals surface area contributed by atoms with Crippen molar-refractivity contribution in [3.8, 4) is 23.1 Å². The predicted molar refractivity (Wildman–Crippen MR) is 169 cm³/mol. The van der Waals surface area contributed by atoms with E-state index in [1.165, 1.54) is 6.33 Å². The van der Waals surface area contributed by atoms with Gasteiger partial charge in [-0.2, -0.15) is 4.31 Å². The minimum absolute atomic E-state index is 0.233. The number of hydrogen-bond donors (Lipinski definition) is 3. The van der Waals surface area contributed by atoms with Crippen LogP contribution in [0.3, 0.4) is 0 Å². The zero-order valence-corrected chi connectivity index (χ0v) is 26.4. The Morgan fingerprint density at radius 1 is 1.07 bits per heavy atom. The van der Waals surface area contributed by atoms with Crippen molar-refractivity contribution in [2.24, 2.45) is 0 Å². The van der Waals surface area contributed by atoms with Gasteiger partial charge in [-0.1, -0.05) is 32.0 Å². The number of nitrogens with one attached hydrogen (secondary N) is 2. The molecule has 1 atom stereocenters. The third-order valence-electron chi connectivity index (χ3n) is 7.11. The smallest absolute Gasteiger partial charge is 0.324 e. The molecule has 5 rings (SSSR count). The molecular weight excluding hydrogens is 602 g/mol. The first-order valence-corrected chi connectivity index (χ1v) is 15.5. The Balaban J connectivity index is 1.20. The van der Waals surface area contributed by atoms with Crippen LogP contribution in [0.15, 0.2) is 53.3 Å². The summed E-state index contributed by atoms with van der Waals surface area (Å²) in [5.74, 6) is 2.80. The third kappa shape index (κ3) is 8.45. The largest absolute Gasteiger partial charge is 0.493 e. The van der Waals surface area contributed by atoms with E-state index in [0.717, 1.165) is 26.1 Å². The number of aromatic nitrogens is 3. The van der Waals surface area contributed by atoms with Gasteiger partial charge in [-0.15, -0.1) is 0 Å². The van der Waals surface area contributed by atoms with Crippen LogP contribution < -0.4 is 24.8 Å². The van der Waals surface area contributed by atoms with Crippen LogP contribution in [0.4, 0.5) is 16.3 Å². The minimum Gasteiger partial charge on any atom is -0.493 e. The molecule has 1 saturated heterocycles. The molecule has 2 aromatic carbocycles. The fourth-order valence-corrected chi connectivity index (χ4v) is 5.16. The molecule has 0 bridgehead atoms. The molecule has 1 aliphatic heterocycles. The lowest BCUT2D eigenvalue weighted by Gasteiger charge is -2.32. The first-order chi connectivity index (χ1) is 21.6. The highest BCUT2D eigenvalue weighted by atomic mass is 32.2. The normalized spacial score (nSPS) is 15.0. The van der Waals surface area contributed by atoms with Crippen molar-refractivity contribution in [3.05, 3.63) is 54.6 Å². The monoisotopic (exact) mass is 639 g/mol. The molecule has 15 heteroatoms. The van der Waals surface area contributed by atoms with E-state index in [9.17, 15) is 13.6 Å². The number of piperazine rings is 1. The molecule has 2 aromatic heterocycles. The first kappa shape index (κ1) is 32.1. The number of amides is 2. The Bertz CT molecular complexity index is 1650. The number of ether oxygens (including phenoxy) is 3. The molecule has 0 radical (unpaired) electrons. The van der Waals surface area contributed by atoms with Crippen LogP contribution in [0.1, 0.15) is 33.0 Å². The van der Waals surface area contributed by atoms with Gasteiger partial charge in [0.05, 0.1) is 24.6 Å². The molecule has 1 fully saturated rings. The van der Waals surface area contributed by atoms with Crippen molar-refractivity contribution in [2.45, 2.75) is 32.6 Å². The van der Waals surface area contributed by atoms with E-state index in [4.69, 9.17) is 18.7 Å². The van der Waals surface area contributed by atoms with Crippen LogP contribution in [-0.2, 0) is 16.7 Å². The molecule has 3 heterocycles. The molecule has 240 valence electrons. The predicted octanol–water partition coefficient (Wildman–Crippen LogP) is 4.88. The Morgan fingerprint density at radius 2 is 1.87 bits per heavy atom. The van der Waals surface area contributed by atoms with Crippen LogP contribution >= 0.6 is 0 Å². The van der Waals surface area contributed by atoms with Crippen LogP contribution in [0.25, 0.3) is 10.9 Å². The Labute approximate surface area is 263 Å². The lowest BCUT2D eigenvalue weighted by atomic mass is 9.93. The van der Waals surface area contributed by atoms with E-state index in [1.54, 1.807) is 53.9 Å². The number of fused-ring (bicyclic) bond motifs is 1. The molecule has 2 amide bonds. The van der Waals surface area contributed by atoms with Gasteiger partial charge in [-0.05, 0) is 24.6 Å². The average Bonchev–Trinajstić information content (AvgIpc) is 3.48. The van der Waals surface area contributed by atoms with E-state index < -0.39 is 17.3 Å². The molecule has 4 aromatic rings. The highest BCUT2D eigenvalue weighted by Crippen LogP contribution is 2.36. The maximum atomic E-state index is 12.6. The second kappa shape index (κ2) is 14.2. The fourth-order valence-electron chi connectivity index (χ4n) is 4.69. The molecule has 0 saturated carbocycles. The van der Waals surface area contributed by atoms with Gasteiger partial charge in [0.2, 0.25) is 17.1 Å². The summed E-state index contributed by atoms with van der Waals surface area (Å²) in [7, 11) is 1.56. The number of methoxy groups -OCH3 is 1. The minimum atomic E-state index is -1.91. The molecular formula is C30H37N7O7S. The van der Waals surface area contributed by atoms with Gasteiger partial charge in [-0.3, -0.25) is 9.87 Å². The van der Waals surface area contributed by atoms with Gasteiger partial charge in [0.25, 0.3) is 0 Å². The number of rotatable bonds is 11. The Morgan fingerprint density at radius 3 is 2.58 bits per heavy atom. The molecule has 0 spiro atoms. The SMILES string of the molecule is COc1cc2c(Oc3cccc(NC(=O)Nc4cc(C(C)(C)C)on4)c3)ncnc2cc1OCCCN1CCN(S(=O)O)CC1. The number of anilines is 2. The van der Waals surface area contributed by atoms with Crippen molar-refractivity contribution in [2.75, 3.05) is 57.1 Å². The fraction of sp³-hybridized carbons (Fsp3) is 0.400. The molecule has 1 aliphatic rings. The summed E-state index contributed by atoms with van der Waals surface area (Å²) >= 11 is -1.91. The van der Waals surface area contributed by atoms with Crippen LogP contribution in [0, 0.1) is 0 Å². The molecule has 3 N–H and O–H groups in total. The number of urea groups is 1. The third-order valence-corrected chi connectivity index (χ3v) is 7.92. The first-order valence-electron chi connectivity index (χ1n) is 14.5. The number of carbonyl (C=O) groups is 1. The van der Waals surface area contributed by atoms with E-state index >= 15 is 0 Å². The van der Waals surface area contributed by atoms with Gasteiger partial charge in [0, 0.05) is 62.0 Å².